The van der Waals surface area contributed by atoms with Gasteiger partial charge in [-0.25, -0.2) is 0 Å². The van der Waals surface area contributed by atoms with Crippen molar-refractivity contribution in [3.8, 4) is 5.75 Å². The molecule has 3 aliphatic heterocycles. The van der Waals surface area contributed by atoms with E-state index in [1.165, 1.54) is 6.07 Å². The average molecular weight is 378 g/mol. The van der Waals surface area contributed by atoms with Gasteiger partial charge in [0.1, 0.15) is 6.61 Å². The highest BCUT2D eigenvalue weighted by Crippen LogP contribution is 2.48. The number of aromatic nitrogens is 1. The van der Waals surface area contributed by atoms with Gasteiger partial charge in [-0.05, 0) is 18.9 Å². The van der Waals surface area contributed by atoms with E-state index >= 15 is 0 Å². The summed E-state index contributed by atoms with van der Waals surface area (Å²) in [6.45, 7) is 2.71. The summed E-state index contributed by atoms with van der Waals surface area (Å²) in [6.07, 6.45) is 4.54. The lowest BCUT2D eigenvalue weighted by Gasteiger charge is -2.43. The predicted octanol–water partition coefficient (Wildman–Crippen LogP) is 2.36. The van der Waals surface area contributed by atoms with Crippen LogP contribution < -0.4 is 10.2 Å². The molecule has 4 heterocycles. The summed E-state index contributed by atoms with van der Waals surface area (Å²) in [4.78, 5) is 28.0. The molecule has 144 valence electrons. The molecular weight excluding hydrogens is 356 g/mol. The van der Waals surface area contributed by atoms with Crippen molar-refractivity contribution in [1.82, 2.24) is 9.47 Å². The third-order valence-electron chi connectivity index (χ3n) is 6.15. The molecule has 1 aromatic heterocycles. The SMILES string of the molecule is C[C@H]1C=CC[C@]23CC(O)c4cc(=O)c(OCc5ccccc5)c(n42)C(=O)N1C3. The van der Waals surface area contributed by atoms with Crippen LogP contribution in [0.5, 0.6) is 5.75 Å². The number of aliphatic hydroxyl groups excluding tert-OH is 1. The monoisotopic (exact) mass is 378 g/mol. The van der Waals surface area contributed by atoms with E-state index in [9.17, 15) is 14.7 Å². The maximum absolute atomic E-state index is 13.4. The van der Waals surface area contributed by atoms with Crippen molar-refractivity contribution in [1.29, 1.82) is 0 Å². The highest BCUT2D eigenvalue weighted by molar-refractivity contribution is 5.97. The summed E-state index contributed by atoms with van der Waals surface area (Å²) in [7, 11) is 0. The zero-order valence-electron chi connectivity index (χ0n) is 15.7. The van der Waals surface area contributed by atoms with Crippen LogP contribution in [-0.2, 0) is 12.1 Å². The van der Waals surface area contributed by atoms with E-state index in [4.69, 9.17) is 4.74 Å². The number of hydrogen-bond donors (Lipinski definition) is 1. The number of fused-ring (bicyclic) bond motifs is 1. The highest BCUT2D eigenvalue weighted by Gasteiger charge is 2.52. The van der Waals surface area contributed by atoms with Crippen LogP contribution in [0.4, 0.5) is 0 Å². The molecule has 0 fully saturated rings. The number of rotatable bonds is 3. The zero-order valence-corrected chi connectivity index (χ0v) is 15.7. The standard InChI is InChI=1S/C22H22N2O4/c1-14-6-5-9-22-11-18(26)16-10-17(25)20(28-12-15-7-3-2-4-8-15)19(24(16)22)21(27)23(14)13-22/h2-8,10,14,18,26H,9,11-13H2,1H3/t14-,18?,22+/m0/s1. The Balaban J connectivity index is 1.67. The molecule has 2 aromatic rings. The molecule has 1 aromatic carbocycles. The van der Waals surface area contributed by atoms with E-state index in [-0.39, 0.29) is 35.4 Å². The molecule has 1 unspecified atom stereocenters. The van der Waals surface area contributed by atoms with Crippen LogP contribution in [0.2, 0.25) is 0 Å². The Labute approximate surface area is 162 Å². The van der Waals surface area contributed by atoms with E-state index in [0.29, 0.717) is 25.1 Å². The van der Waals surface area contributed by atoms with E-state index in [0.717, 1.165) is 5.56 Å². The molecule has 1 amide bonds. The van der Waals surface area contributed by atoms with Crippen molar-refractivity contribution in [3.63, 3.8) is 0 Å². The van der Waals surface area contributed by atoms with Crippen molar-refractivity contribution in [3.05, 3.63) is 75.7 Å². The smallest absolute Gasteiger partial charge is 0.275 e. The number of allylic oxidation sites excluding steroid dienone is 1. The van der Waals surface area contributed by atoms with E-state index in [2.05, 4.69) is 6.08 Å². The average Bonchev–Trinajstić information content (AvgIpc) is 2.86. The second-order valence-corrected chi connectivity index (χ2v) is 7.97. The van der Waals surface area contributed by atoms with Gasteiger partial charge in [-0.3, -0.25) is 9.59 Å². The Bertz CT molecular complexity index is 1040. The third kappa shape index (κ3) is 2.37. The van der Waals surface area contributed by atoms with E-state index < -0.39 is 11.6 Å². The van der Waals surface area contributed by atoms with Gasteiger partial charge < -0.3 is 19.3 Å². The highest BCUT2D eigenvalue weighted by atomic mass is 16.5. The van der Waals surface area contributed by atoms with Crippen LogP contribution >= 0.6 is 0 Å². The second-order valence-electron chi connectivity index (χ2n) is 7.97. The molecule has 3 aliphatic rings. The first-order valence-corrected chi connectivity index (χ1v) is 9.63. The summed E-state index contributed by atoms with van der Waals surface area (Å²) in [5.41, 5.74) is 0.921. The fraction of sp³-hybridized carbons (Fsp3) is 0.364. The number of pyridine rings is 1. The van der Waals surface area contributed by atoms with Gasteiger partial charge in [-0.1, -0.05) is 42.5 Å². The first kappa shape index (κ1) is 17.3. The number of amides is 1. The van der Waals surface area contributed by atoms with Gasteiger partial charge in [0.15, 0.2) is 11.4 Å². The molecule has 3 atom stereocenters. The molecule has 0 radical (unpaired) electrons. The molecular formula is C22H22N2O4. The summed E-state index contributed by atoms with van der Waals surface area (Å²) >= 11 is 0. The second kappa shape index (κ2) is 6.07. The van der Waals surface area contributed by atoms with Gasteiger partial charge in [0.25, 0.3) is 5.91 Å². The maximum Gasteiger partial charge on any atom is 0.275 e. The lowest BCUT2D eigenvalue weighted by molar-refractivity contribution is 0.0485. The molecule has 1 spiro atoms. The Morgan fingerprint density at radius 1 is 1.25 bits per heavy atom. The number of carbonyl (C=O) groups is 1. The molecule has 28 heavy (non-hydrogen) atoms. The van der Waals surface area contributed by atoms with E-state index in [1.807, 2.05) is 47.9 Å². The van der Waals surface area contributed by atoms with Crippen LogP contribution in [0.25, 0.3) is 0 Å². The van der Waals surface area contributed by atoms with Gasteiger partial charge in [0.2, 0.25) is 5.43 Å². The Kier molecular flexibility index (Phi) is 3.74. The molecule has 6 nitrogen and oxygen atoms in total. The Morgan fingerprint density at radius 3 is 2.82 bits per heavy atom. The Morgan fingerprint density at radius 2 is 2.04 bits per heavy atom. The molecule has 0 aliphatic carbocycles. The fourth-order valence-electron chi connectivity index (χ4n) is 4.80. The lowest BCUT2D eigenvalue weighted by Crippen LogP contribution is -2.54. The molecule has 0 saturated heterocycles. The van der Waals surface area contributed by atoms with Gasteiger partial charge in [-0.15, -0.1) is 0 Å². The minimum Gasteiger partial charge on any atom is -0.483 e. The van der Waals surface area contributed by atoms with Gasteiger partial charge in [-0.2, -0.15) is 0 Å². The molecule has 1 N–H and O–H groups in total. The topological polar surface area (TPSA) is 71.8 Å². The largest absolute Gasteiger partial charge is 0.483 e. The van der Waals surface area contributed by atoms with Crippen molar-refractivity contribution < 1.29 is 14.6 Å². The number of benzene rings is 1. The molecule has 0 saturated carbocycles. The molecule has 5 rings (SSSR count). The quantitative estimate of drug-likeness (QED) is 0.833. The number of ether oxygens (including phenoxy) is 1. The summed E-state index contributed by atoms with van der Waals surface area (Å²) in [6, 6.07) is 10.9. The van der Waals surface area contributed by atoms with E-state index in [1.54, 1.807) is 4.90 Å². The predicted molar refractivity (Wildman–Crippen MR) is 103 cm³/mol. The Hall–Kier alpha value is -2.86. The van der Waals surface area contributed by atoms with Crippen molar-refractivity contribution >= 4 is 5.91 Å². The van der Waals surface area contributed by atoms with Crippen molar-refractivity contribution in [2.45, 2.75) is 44.1 Å². The van der Waals surface area contributed by atoms with Crippen LogP contribution in [0, 0.1) is 0 Å². The number of carbonyl (C=O) groups excluding carboxylic acids is 1. The lowest BCUT2D eigenvalue weighted by atomic mass is 9.89. The molecule has 2 bridgehead atoms. The first-order valence-electron chi connectivity index (χ1n) is 9.63. The maximum atomic E-state index is 13.4. The number of hydrogen-bond acceptors (Lipinski definition) is 4. The summed E-state index contributed by atoms with van der Waals surface area (Å²) in [5.74, 6) is -0.138. The van der Waals surface area contributed by atoms with Crippen molar-refractivity contribution in [2.75, 3.05) is 6.54 Å². The summed E-state index contributed by atoms with van der Waals surface area (Å²) in [5, 5.41) is 10.7. The van der Waals surface area contributed by atoms with Crippen LogP contribution in [0.15, 0.2) is 53.3 Å². The zero-order chi connectivity index (χ0) is 19.5. The third-order valence-corrected chi connectivity index (χ3v) is 6.15. The van der Waals surface area contributed by atoms with Crippen LogP contribution in [0.1, 0.15) is 47.6 Å². The minimum absolute atomic E-state index is 0.0703. The van der Waals surface area contributed by atoms with Gasteiger partial charge in [0, 0.05) is 25.1 Å². The number of aliphatic hydroxyl groups is 1. The van der Waals surface area contributed by atoms with Crippen LogP contribution in [-0.4, -0.2) is 33.1 Å². The fourth-order valence-corrected chi connectivity index (χ4v) is 4.80. The van der Waals surface area contributed by atoms with Crippen molar-refractivity contribution in [2.24, 2.45) is 0 Å². The first-order chi connectivity index (χ1) is 13.5. The van der Waals surface area contributed by atoms with Gasteiger partial charge >= 0.3 is 0 Å². The van der Waals surface area contributed by atoms with Crippen LogP contribution in [0.3, 0.4) is 0 Å². The van der Waals surface area contributed by atoms with Gasteiger partial charge in [0.05, 0.1) is 17.3 Å². The minimum atomic E-state index is -0.760. The number of nitrogens with zero attached hydrogens (tertiary/aromatic N) is 2. The normalized spacial score (nSPS) is 27.5. The summed E-state index contributed by atoms with van der Waals surface area (Å²) < 4.78 is 7.80. The molecule has 6 heteroatoms.